The van der Waals surface area contributed by atoms with Crippen LogP contribution in [0.4, 0.5) is 0 Å². The summed E-state index contributed by atoms with van der Waals surface area (Å²) in [7, 11) is 1.38. The van der Waals surface area contributed by atoms with E-state index in [4.69, 9.17) is 10.5 Å². The maximum atomic E-state index is 12.2. The van der Waals surface area contributed by atoms with Crippen molar-refractivity contribution in [2.45, 2.75) is 64.0 Å². The topological polar surface area (TPSA) is 72.6 Å². The molecular formula is C14H26N2O3. The Morgan fingerprint density at radius 1 is 1.37 bits per heavy atom. The van der Waals surface area contributed by atoms with Crippen LogP contribution in [0.2, 0.25) is 0 Å². The lowest BCUT2D eigenvalue weighted by Gasteiger charge is -2.35. The summed E-state index contributed by atoms with van der Waals surface area (Å²) >= 11 is 0. The molecule has 1 heterocycles. The normalized spacial score (nSPS) is 20.2. The molecule has 5 nitrogen and oxygen atoms in total. The number of esters is 1. The smallest absolute Gasteiger partial charge is 0.307 e. The first-order chi connectivity index (χ1) is 8.83. The van der Waals surface area contributed by atoms with E-state index < -0.39 is 0 Å². The van der Waals surface area contributed by atoms with Gasteiger partial charge in [0.2, 0.25) is 5.91 Å². The first kappa shape index (κ1) is 16.0. The predicted molar refractivity (Wildman–Crippen MR) is 73.5 cm³/mol. The molecule has 0 bridgehead atoms. The molecule has 19 heavy (non-hydrogen) atoms. The Balaban J connectivity index is 2.55. The van der Waals surface area contributed by atoms with Gasteiger partial charge >= 0.3 is 5.97 Å². The third-order valence-electron chi connectivity index (χ3n) is 3.56. The van der Waals surface area contributed by atoms with Crippen LogP contribution in [-0.2, 0) is 14.3 Å². The summed E-state index contributed by atoms with van der Waals surface area (Å²) in [5.74, 6) is -0.143. The zero-order valence-electron chi connectivity index (χ0n) is 12.3. The van der Waals surface area contributed by atoms with Crippen molar-refractivity contribution < 1.29 is 14.3 Å². The van der Waals surface area contributed by atoms with Crippen LogP contribution in [0.5, 0.6) is 0 Å². The minimum absolute atomic E-state index is 0.00501. The molecule has 1 atom stereocenters. The van der Waals surface area contributed by atoms with Gasteiger partial charge in [0, 0.05) is 24.5 Å². The molecule has 0 aromatic carbocycles. The maximum absolute atomic E-state index is 12.2. The molecule has 0 aliphatic carbocycles. The van der Waals surface area contributed by atoms with Gasteiger partial charge in [0.1, 0.15) is 0 Å². The molecule has 0 aromatic heterocycles. The van der Waals surface area contributed by atoms with Crippen LogP contribution >= 0.6 is 0 Å². The van der Waals surface area contributed by atoms with E-state index in [1.165, 1.54) is 7.11 Å². The second-order valence-electron chi connectivity index (χ2n) is 6.01. The van der Waals surface area contributed by atoms with Gasteiger partial charge in [-0.1, -0.05) is 0 Å². The third-order valence-corrected chi connectivity index (χ3v) is 3.56. The molecule has 1 aliphatic heterocycles. The Morgan fingerprint density at radius 2 is 2.05 bits per heavy atom. The minimum Gasteiger partial charge on any atom is -0.469 e. The zero-order valence-corrected chi connectivity index (χ0v) is 12.3. The molecular weight excluding hydrogens is 244 g/mol. The number of hydrogen-bond donors (Lipinski definition) is 1. The molecule has 0 spiro atoms. The number of ether oxygens (including phenoxy) is 1. The molecule has 2 N–H and O–H groups in total. The molecule has 5 heteroatoms. The van der Waals surface area contributed by atoms with Crippen LogP contribution in [0.3, 0.4) is 0 Å². The lowest BCUT2D eigenvalue weighted by atomic mass is 9.96. The van der Waals surface area contributed by atoms with Gasteiger partial charge in [0.05, 0.1) is 13.5 Å². The maximum Gasteiger partial charge on any atom is 0.307 e. The molecule has 1 fully saturated rings. The Hall–Kier alpha value is -1.10. The number of carbonyl (C=O) groups excluding carboxylic acids is 2. The summed E-state index contributed by atoms with van der Waals surface area (Å²) in [5.41, 5.74) is 5.58. The molecule has 0 saturated carbocycles. The first-order valence-electron chi connectivity index (χ1n) is 6.98. The number of carbonyl (C=O) groups is 2. The van der Waals surface area contributed by atoms with Crippen molar-refractivity contribution in [3.63, 3.8) is 0 Å². The van der Waals surface area contributed by atoms with E-state index in [9.17, 15) is 9.59 Å². The number of hydrogen-bond acceptors (Lipinski definition) is 4. The summed E-state index contributed by atoms with van der Waals surface area (Å²) in [6.45, 7) is 4.58. The predicted octanol–water partition coefficient (Wildman–Crippen LogP) is 1.45. The van der Waals surface area contributed by atoms with E-state index in [1.54, 1.807) is 0 Å². The Morgan fingerprint density at radius 3 is 2.63 bits per heavy atom. The lowest BCUT2D eigenvalue weighted by Crippen LogP contribution is -2.45. The number of nitrogens with two attached hydrogens (primary N) is 1. The number of piperidine rings is 1. The van der Waals surface area contributed by atoms with Crippen molar-refractivity contribution in [2.75, 3.05) is 13.7 Å². The van der Waals surface area contributed by atoms with Crippen LogP contribution in [-0.4, -0.2) is 42.0 Å². The Kier molecular flexibility index (Phi) is 5.79. The van der Waals surface area contributed by atoms with Gasteiger partial charge in [-0.05, 0) is 39.5 Å². The van der Waals surface area contributed by atoms with Gasteiger partial charge in [-0.15, -0.1) is 0 Å². The number of nitrogens with zero attached hydrogens (tertiary/aromatic N) is 1. The molecule has 0 aromatic rings. The van der Waals surface area contributed by atoms with E-state index in [-0.39, 0.29) is 23.5 Å². The summed E-state index contributed by atoms with van der Waals surface area (Å²) in [5, 5.41) is 0. The van der Waals surface area contributed by atoms with Crippen LogP contribution < -0.4 is 5.73 Å². The van der Waals surface area contributed by atoms with Crippen LogP contribution in [0, 0.1) is 0 Å². The third kappa shape index (κ3) is 5.59. The van der Waals surface area contributed by atoms with Gasteiger partial charge < -0.3 is 15.4 Å². The van der Waals surface area contributed by atoms with Gasteiger partial charge in [-0.25, -0.2) is 0 Å². The van der Waals surface area contributed by atoms with Crippen molar-refractivity contribution in [1.82, 2.24) is 4.90 Å². The molecule has 1 unspecified atom stereocenters. The van der Waals surface area contributed by atoms with Crippen LogP contribution in [0.15, 0.2) is 0 Å². The fourth-order valence-corrected chi connectivity index (χ4v) is 2.39. The number of rotatable bonds is 5. The monoisotopic (exact) mass is 270 g/mol. The van der Waals surface area contributed by atoms with Gasteiger partial charge in [-0.2, -0.15) is 0 Å². The van der Waals surface area contributed by atoms with E-state index in [2.05, 4.69) is 0 Å². The fourth-order valence-electron chi connectivity index (χ4n) is 2.39. The molecule has 110 valence electrons. The summed E-state index contributed by atoms with van der Waals surface area (Å²) < 4.78 is 4.70. The molecule has 1 aliphatic rings. The number of likely N-dealkylation sites (tertiary alicyclic amines) is 1. The van der Waals surface area contributed by atoms with E-state index in [0.717, 1.165) is 25.8 Å². The standard InChI is InChI=1S/C14H26N2O3/c1-14(2,15)8-7-12(17)16-9-5-4-6-11(16)10-13(18)19-3/h11H,4-10,15H2,1-3H3. The van der Waals surface area contributed by atoms with Crippen molar-refractivity contribution in [1.29, 1.82) is 0 Å². The Bertz CT molecular complexity index is 323. The Labute approximate surface area is 115 Å². The highest BCUT2D eigenvalue weighted by molar-refractivity contribution is 5.78. The van der Waals surface area contributed by atoms with Crippen molar-refractivity contribution in [3.05, 3.63) is 0 Å². The number of methoxy groups -OCH3 is 1. The molecule has 0 radical (unpaired) electrons. The quantitative estimate of drug-likeness (QED) is 0.767. The van der Waals surface area contributed by atoms with Crippen LogP contribution in [0.1, 0.15) is 52.4 Å². The summed E-state index contributed by atoms with van der Waals surface area (Å²) in [4.78, 5) is 25.5. The average Bonchev–Trinajstić information content (AvgIpc) is 2.35. The largest absolute Gasteiger partial charge is 0.469 e. The highest BCUT2D eigenvalue weighted by atomic mass is 16.5. The first-order valence-corrected chi connectivity index (χ1v) is 6.98. The second-order valence-corrected chi connectivity index (χ2v) is 6.01. The van der Waals surface area contributed by atoms with Crippen LogP contribution in [0.25, 0.3) is 0 Å². The van der Waals surface area contributed by atoms with Crippen molar-refractivity contribution in [2.24, 2.45) is 5.73 Å². The molecule has 1 rings (SSSR count). The van der Waals surface area contributed by atoms with E-state index in [1.807, 2.05) is 18.7 Å². The summed E-state index contributed by atoms with van der Waals surface area (Å²) in [6.07, 6.45) is 4.36. The SMILES string of the molecule is COC(=O)CC1CCCCN1C(=O)CCC(C)(C)N. The number of amides is 1. The zero-order chi connectivity index (χ0) is 14.5. The summed E-state index contributed by atoms with van der Waals surface area (Å²) in [6, 6.07) is -0.00501. The van der Waals surface area contributed by atoms with E-state index >= 15 is 0 Å². The van der Waals surface area contributed by atoms with Crippen molar-refractivity contribution >= 4 is 11.9 Å². The fraction of sp³-hybridized carbons (Fsp3) is 0.857. The van der Waals surface area contributed by atoms with Gasteiger partial charge in [0.15, 0.2) is 0 Å². The molecule has 1 saturated heterocycles. The molecule has 1 amide bonds. The second kappa shape index (κ2) is 6.89. The van der Waals surface area contributed by atoms with Gasteiger partial charge in [-0.3, -0.25) is 9.59 Å². The van der Waals surface area contributed by atoms with E-state index in [0.29, 0.717) is 19.3 Å². The van der Waals surface area contributed by atoms with Gasteiger partial charge in [0.25, 0.3) is 0 Å². The highest BCUT2D eigenvalue weighted by Crippen LogP contribution is 2.22. The van der Waals surface area contributed by atoms with Crippen molar-refractivity contribution in [3.8, 4) is 0 Å². The minimum atomic E-state index is -0.330. The average molecular weight is 270 g/mol. The highest BCUT2D eigenvalue weighted by Gasteiger charge is 2.29. The lowest BCUT2D eigenvalue weighted by molar-refractivity contribution is -0.144.